The number of nitriles is 1. The first kappa shape index (κ1) is 16.5. The van der Waals surface area contributed by atoms with Crippen molar-refractivity contribution in [2.45, 2.75) is 0 Å². The standard InChI is InChI=1S/C20H15N3OS/c21-14-15-6-4-5-9-19(15)23-20(25)22-16-10-12-18(13-11-16)24-17-7-2-1-3-8-17/h1-13H,(H2,22,23,25). The largest absolute Gasteiger partial charge is 0.457 e. The second-order valence-corrected chi connectivity index (χ2v) is 5.58. The van der Waals surface area contributed by atoms with Gasteiger partial charge in [-0.15, -0.1) is 0 Å². The van der Waals surface area contributed by atoms with E-state index in [0.29, 0.717) is 16.4 Å². The molecule has 0 unspecified atom stereocenters. The lowest BCUT2D eigenvalue weighted by atomic mass is 10.2. The van der Waals surface area contributed by atoms with E-state index in [0.717, 1.165) is 17.2 Å². The number of nitrogens with one attached hydrogen (secondary N) is 2. The van der Waals surface area contributed by atoms with Crippen molar-refractivity contribution >= 4 is 28.7 Å². The van der Waals surface area contributed by atoms with Gasteiger partial charge in [-0.1, -0.05) is 30.3 Å². The zero-order chi connectivity index (χ0) is 17.5. The fraction of sp³-hybridized carbons (Fsp3) is 0. The number of thiocarbonyl (C=S) groups is 1. The summed E-state index contributed by atoms with van der Waals surface area (Å²) < 4.78 is 5.75. The molecule has 3 rings (SSSR count). The van der Waals surface area contributed by atoms with Gasteiger partial charge in [-0.3, -0.25) is 0 Å². The Morgan fingerprint density at radius 3 is 2.16 bits per heavy atom. The summed E-state index contributed by atoms with van der Waals surface area (Å²) in [5.41, 5.74) is 2.04. The Balaban J connectivity index is 1.61. The summed E-state index contributed by atoms with van der Waals surface area (Å²) in [5, 5.41) is 15.6. The lowest BCUT2D eigenvalue weighted by Crippen LogP contribution is -2.19. The summed E-state index contributed by atoms with van der Waals surface area (Å²) in [4.78, 5) is 0. The van der Waals surface area contributed by atoms with Crippen molar-refractivity contribution in [3.63, 3.8) is 0 Å². The van der Waals surface area contributed by atoms with E-state index in [1.807, 2.05) is 72.8 Å². The number of hydrogen-bond donors (Lipinski definition) is 2. The summed E-state index contributed by atoms with van der Waals surface area (Å²) in [5.74, 6) is 1.53. The van der Waals surface area contributed by atoms with E-state index in [2.05, 4.69) is 16.7 Å². The van der Waals surface area contributed by atoms with Crippen LogP contribution in [-0.4, -0.2) is 5.11 Å². The molecule has 2 N–H and O–H groups in total. The molecule has 3 aromatic rings. The predicted octanol–water partition coefficient (Wildman–Crippen LogP) is 5.16. The van der Waals surface area contributed by atoms with Gasteiger partial charge in [0.15, 0.2) is 5.11 Å². The highest BCUT2D eigenvalue weighted by Gasteiger charge is 2.04. The van der Waals surface area contributed by atoms with Crippen LogP contribution >= 0.6 is 12.2 Å². The Morgan fingerprint density at radius 2 is 1.44 bits per heavy atom. The predicted molar refractivity (Wildman–Crippen MR) is 104 cm³/mol. The molecule has 0 atom stereocenters. The molecule has 0 saturated heterocycles. The summed E-state index contributed by atoms with van der Waals surface area (Å²) in [6.07, 6.45) is 0. The van der Waals surface area contributed by atoms with Crippen LogP contribution in [0.1, 0.15) is 5.56 Å². The van der Waals surface area contributed by atoms with Crippen LogP contribution in [-0.2, 0) is 0 Å². The van der Waals surface area contributed by atoms with Gasteiger partial charge in [0.05, 0.1) is 11.3 Å². The first-order valence-electron chi connectivity index (χ1n) is 7.65. The number of anilines is 2. The van der Waals surface area contributed by atoms with E-state index in [1.165, 1.54) is 0 Å². The molecule has 0 aromatic heterocycles. The molecular weight excluding hydrogens is 330 g/mol. The van der Waals surface area contributed by atoms with Crippen LogP contribution in [0, 0.1) is 11.3 Å². The van der Waals surface area contributed by atoms with Crippen molar-refractivity contribution in [2.24, 2.45) is 0 Å². The number of benzene rings is 3. The number of ether oxygens (including phenoxy) is 1. The first-order chi connectivity index (χ1) is 12.2. The third kappa shape index (κ3) is 4.56. The van der Waals surface area contributed by atoms with Crippen molar-refractivity contribution in [3.05, 3.63) is 84.4 Å². The van der Waals surface area contributed by atoms with Crippen molar-refractivity contribution < 1.29 is 4.74 Å². The fourth-order valence-corrected chi connectivity index (χ4v) is 2.43. The highest BCUT2D eigenvalue weighted by molar-refractivity contribution is 7.80. The van der Waals surface area contributed by atoms with Crippen LogP contribution in [0.4, 0.5) is 11.4 Å². The fourth-order valence-electron chi connectivity index (χ4n) is 2.21. The van der Waals surface area contributed by atoms with Crippen molar-refractivity contribution in [1.29, 1.82) is 5.26 Å². The van der Waals surface area contributed by atoms with Crippen LogP contribution in [0.3, 0.4) is 0 Å². The molecule has 0 fully saturated rings. The van der Waals surface area contributed by atoms with Gasteiger partial charge in [-0.25, -0.2) is 0 Å². The van der Waals surface area contributed by atoms with E-state index in [4.69, 9.17) is 22.2 Å². The molecule has 25 heavy (non-hydrogen) atoms. The average Bonchev–Trinajstić information content (AvgIpc) is 2.64. The second-order valence-electron chi connectivity index (χ2n) is 5.18. The van der Waals surface area contributed by atoms with Gasteiger partial charge in [0.1, 0.15) is 17.6 Å². The molecule has 3 aromatic carbocycles. The van der Waals surface area contributed by atoms with Crippen LogP contribution in [0.25, 0.3) is 0 Å². The van der Waals surface area contributed by atoms with Gasteiger partial charge in [0.2, 0.25) is 0 Å². The number of nitrogens with zero attached hydrogens (tertiary/aromatic N) is 1. The molecule has 0 bridgehead atoms. The number of hydrogen-bond acceptors (Lipinski definition) is 3. The molecular formula is C20H15N3OS. The van der Waals surface area contributed by atoms with Crippen molar-refractivity contribution in [1.82, 2.24) is 0 Å². The Morgan fingerprint density at radius 1 is 0.800 bits per heavy atom. The van der Waals surface area contributed by atoms with Gasteiger partial charge in [-0.05, 0) is 60.7 Å². The lowest BCUT2D eigenvalue weighted by molar-refractivity contribution is 0.483. The van der Waals surface area contributed by atoms with Crippen LogP contribution in [0.2, 0.25) is 0 Å². The molecule has 0 aliphatic rings. The van der Waals surface area contributed by atoms with Gasteiger partial charge >= 0.3 is 0 Å². The zero-order valence-electron chi connectivity index (χ0n) is 13.3. The minimum atomic E-state index is 0.416. The maximum absolute atomic E-state index is 9.11. The molecule has 5 heteroatoms. The van der Waals surface area contributed by atoms with Crippen LogP contribution in [0.15, 0.2) is 78.9 Å². The highest BCUT2D eigenvalue weighted by Crippen LogP contribution is 2.23. The molecule has 0 heterocycles. The zero-order valence-corrected chi connectivity index (χ0v) is 14.1. The van der Waals surface area contributed by atoms with E-state index in [-0.39, 0.29) is 0 Å². The van der Waals surface area contributed by atoms with E-state index in [1.54, 1.807) is 6.07 Å². The van der Waals surface area contributed by atoms with E-state index < -0.39 is 0 Å². The Bertz CT molecular complexity index is 902. The molecule has 0 amide bonds. The number of rotatable bonds is 4. The van der Waals surface area contributed by atoms with Gasteiger partial charge < -0.3 is 15.4 Å². The minimum Gasteiger partial charge on any atom is -0.457 e. The van der Waals surface area contributed by atoms with E-state index >= 15 is 0 Å². The molecule has 0 spiro atoms. The number of para-hydroxylation sites is 2. The van der Waals surface area contributed by atoms with Crippen molar-refractivity contribution in [2.75, 3.05) is 10.6 Å². The Kier molecular flexibility index (Phi) is 5.25. The molecule has 0 saturated carbocycles. The normalized spacial score (nSPS) is 9.72. The Hall–Kier alpha value is -3.36. The maximum atomic E-state index is 9.11. The summed E-state index contributed by atoms with van der Waals surface area (Å²) in [6.45, 7) is 0. The van der Waals surface area contributed by atoms with Gasteiger partial charge in [0, 0.05) is 5.69 Å². The summed E-state index contributed by atoms with van der Waals surface area (Å²) in [6, 6.07) is 26.4. The minimum absolute atomic E-state index is 0.416. The molecule has 0 aliphatic carbocycles. The molecule has 4 nitrogen and oxygen atoms in total. The van der Waals surface area contributed by atoms with Crippen molar-refractivity contribution in [3.8, 4) is 17.6 Å². The first-order valence-corrected chi connectivity index (χ1v) is 8.05. The maximum Gasteiger partial charge on any atom is 0.175 e. The van der Waals surface area contributed by atoms with Crippen LogP contribution < -0.4 is 15.4 Å². The Labute approximate surface area is 151 Å². The SMILES string of the molecule is N#Cc1ccccc1NC(=S)Nc1ccc(Oc2ccccc2)cc1. The average molecular weight is 345 g/mol. The molecule has 0 aliphatic heterocycles. The quantitative estimate of drug-likeness (QED) is 0.640. The lowest BCUT2D eigenvalue weighted by Gasteiger charge is -2.12. The third-order valence-electron chi connectivity index (χ3n) is 3.39. The van der Waals surface area contributed by atoms with Crippen LogP contribution in [0.5, 0.6) is 11.5 Å². The molecule has 122 valence electrons. The topological polar surface area (TPSA) is 57.1 Å². The third-order valence-corrected chi connectivity index (χ3v) is 3.59. The molecule has 0 radical (unpaired) electrons. The monoisotopic (exact) mass is 345 g/mol. The summed E-state index contributed by atoms with van der Waals surface area (Å²) >= 11 is 5.30. The van der Waals surface area contributed by atoms with Gasteiger partial charge in [-0.2, -0.15) is 5.26 Å². The van der Waals surface area contributed by atoms with Gasteiger partial charge in [0.25, 0.3) is 0 Å². The summed E-state index contributed by atoms with van der Waals surface area (Å²) in [7, 11) is 0. The smallest absolute Gasteiger partial charge is 0.175 e. The van der Waals surface area contributed by atoms with E-state index in [9.17, 15) is 0 Å². The highest BCUT2D eigenvalue weighted by atomic mass is 32.1. The second kappa shape index (κ2) is 7.95.